The smallest absolute Gasteiger partial charge is 0.270 e. The minimum absolute atomic E-state index is 0.0867. The molecule has 0 aliphatic carbocycles. The lowest BCUT2D eigenvalue weighted by Crippen LogP contribution is -2.28. The summed E-state index contributed by atoms with van der Waals surface area (Å²) in [6.07, 6.45) is 1.64. The molecule has 1 heterocycles. The Morgan fingerprint density at radius 1 is 1.09 bits per heavy atom. The number of hydrogen-bond acceptors (Lipinski definition) is 2. The highest BCUT2D eigenvalue weighted by Gasteiger charge is 2.16. The highest BCUT2D eigenvalue weighted by Crippen LogP contribution is 2.15. The second-order valence-electron chi connectivity index (χ2n) is 5.26. The quantitative estimate of drug-likeness (QED) is 0.712. The summed E-state index contributed by atoms with van der Waals surface area (Å²) in [7, 11) is 0. The standard InChI is InChI=1S/C18H17N3OS/c1-13(14-8-4-2-5-9-14)20-17(22)16-12-19-18(23)21(16)15-10-6-3-7-11-15/h2-13H,1H3,(H,19,23)(H,20,22). The summed E-state index contributed by atoms with van der Waals surface area (Å²) < 4.78 is 2.23. The molecule has 0 saturated heterocycles. The van der Waals surface area contributed by atoms with Gasteiger partial charge in [0, 0.05) is 11.9 Å². The molecule has 2 N–H and O–H groups in total. The van der Waals surface area contributed by atoms with E-state index in [9.17, 15) is 4.79 Å². The first kappa shape index (κ1) is 15.2. The van der Waals surface area contributed by atoms with Gasteiger partial charge in [-0.05, 0) is 36.8 Å². The van der Waals surface area contributed by atoms with Gasteiger partial charge < -0.3 is 10.3 Å². The molecule has 0 radical (unpaired) electrons. The van der Waals surface area contributed by atoms with Gasteiger partial charge in [-0.15, -0.1) is 0 Å². The van der Waals surface area contributed by atoms with E-state index in [4.69, 9.17) is 12.2 Å². The molecule has 1 amide bonds. The van der Waals surface area contributed by atoms with Crippen molar-refractivity contribution in [2.45, 2.75) is 13.0 Å². The molecule has 0 spiro atoms. The van der Waals surface area contributed by atoms with Crippen LogP contribution in [0.1, 0.15) is 29.0 Å². The van der Waals surface area contributed by atoms with E-state index in [0.717, 1.165) is 11.3 Å². The first-order valence-electron chi connectivity index (χ1n) is 7.38. The summed E-state index contributed by atoms with van der Waals surface area (Å²) in [5.74, 6) is -0.169. The molecule has 1 atom stereocenters. The normalized spacial score (nSPS) is 11.9. The maximum atomic E-state index is 12.6. The minimum Gasteiger partial charge on any atom is -0.344 e. The number of benzene rings is 2. The number of nitrogens with one attached hydrogen (secondary N) is 2. The molecule has 3 aromatic rings. The lowest BCUT2D eigenvalue weighted by molar-refractivity contribution is 0.0933. The summed E-state index contributed by atoms with van der Waals surface area (Å²) in [4.78, 5) is 15.6. The fraction of sp³-hybridized carbons (Fsp3) is 0.111. The van der Waals surface area contributed by atoms with Gasteiger partial charge in [-0.25, -0.2) is 0 Å². The van der Waals surface area contributed by atoms with E-state index < -0.39 is 0 Å². The molecule has 3 rings (SSSR count). The molecule has 0 aliphatic rings. The molecule has 5 heteroatoms. The van der Waals surface area contributed by atoms with Gasteiger partial charge in [-0.3, -0.25) is 9.36 Å². The van der Waals surface area contributed by atoms with Crippen LogP contribution in [-0.4, -0.2) is 15.5 Å². The second kappa shape index (κ2) is 6.62. The van der Waals surface area contributed by atoms with Crippen molar-refractivity contribution in [1.29, 1.82) is 0 Å². The van der Waals surface area contributed by atoms with Gasteiger partial charge in [0.1, 0.15) is 5.69 Å². The van der Waals surface area contributed by atoms with Gasteiger partial charge in [0.05, 0.1) is 6.04 Å². The Kier molecular flexibility index (Phi) is 4.39. The first-order valence-corrected chi connectivity index (χ1v) is 7.79. The third kappa shape index (κ3) is 3.24. The lowest BCUT2D eigenvalue weighted by Gasteiger charge is -2.15. The fourth-order valence-electron chi connectivity index (χ4n) is 2.46. The summed E-state index contributed by atoms with van der Waals surface area (Å²) in [6, 6.07) is 19.4. The van der Waals surface area contributed by atoms with Gasteiger partial charge in [0.25, 0.3) is 5.91 Å². The number of aromatic amines is 1. The summed E-state index contributed by atoms with van der Waals surface area (Å²) in [5, 5.41) is 3.01. The van der Waals surface area contributed by atoms with Crippen molar-refractivity contribution in [3.05, 3.63) is 82.9 Å². The Morgan fingerprint density at radius 3 is 2.35 bits per heavy atom. The number of para-hydroxylation sites is 1. The number of carbonyl (C=O) groups excluding carboxylic acids is 1. The van der Waals surface area contributed by atoms with Crippen molar-refractivity contribution < 1.29 is 4.79 Å². The van der Waals surface area contributed by atoms with Crippen LogP contribution in [-0.2, 0) is 0 Å². The van der Waals surface area contributed by atoms with E-state index in [1.54, 1.807) is 10.8 Å². The average molecular weight is 323 g/mol. The van der Waals surface area contributed by atoms with Crippen LogP contribution in [0.5, 0.6) is 0 Å². The topological polar surface area (TPSA) is 49.8 Å². The number of imidazole rings is 1. The van der Waals surface area contributed by atoms with E-state index in [0.29, 0.717) is 10.5 Å². The molecule has 1 aromatic heterocycles. The van der Waals surface area contributed by atoms with E-state index in [-0.39, 0.29) is 11.9 Å². The molecule has 23 heavy (non-hydrogen) atoms. The number of H-pyrrole nitrogens is 1. The zero-order valence-electron chi connectivity index (χ0n) is 12.7. The van der Waals surface area contributed by atoms with Crippen molar-refractivity contribution in [3.63, 3.8) is 0 Å². The number of rotatable bonds is 4. The van der Waals surface area contributed by atoms with E-state index in [1.807, 2.05) is 67.6 Å². The van der Waals surface area contributed by atoms with Crippen molar-refractivity contribution in [3.8, 4) is 5.69 Å². The maximum Gasteiger partial charge on any atom is 0.270 e. The summed E-state index contributed by atoms with van der Waals surface area (Å²) in [5.41, 5.74) is 2.40. The molecular weight excluding hydrogens is 306 g/mol. The maximum absolute atomic E-state index is 12.6. The van der Waals surface area contributed by atoms with Crippen molar-refractivity contribution in [1.82, 2.24) is 14.9 Å². The van der Waals surface area contributed by atoms with Crippen LogP contribution in [0.25, 0.3) is 5.69 Å². The van der Waals surface area contributed by atoms with Gasteiger partial charge >= 0.3 is 0 Å². The number of carbonyl (C=O) groups is 1. The Labute approximate surface area is 139 Å². The van der Waals surface area contributed by atoms with Crippen LogP contribution in [0.3, 0.4) is 0 Å². The largest absolute Gasteiger partial charge is 0.344 e. The Hall–Kier alpha value is -2.66. The van der Waals surface area contributed by atoms with E-state index in [1.165, 1.54) is 0 Å². The summed E-state index contributed by atoms with van der Waals surface area (Å²) in [6.45, 7) is 1.96. The van der Waals surface area contributed by atoms with E-state index in [2.05, 4.69) is 10.3 Å². The highest BCUT2D eigenvalue weighted by molar-refractivity contribution is 7.71. The Morgan fingerprint density at radius 2 is 1.70 bits per heavy atom. The zero-order chi connectivity index (χ0) is 16.2. The predicted molar refractivity (Wildman–Crippen MR) is 93.3 cm³/mol. The van der Waals surface area contributed by atoms with E-state index >= 15 is 0 Å². The third-order valence-corrected chi connectivity index (χ3v) is 3.97. The van der Waals surface area contributed by atoms with Crippen LogP contribution in [0, 0.1) is 4.77 Å². The monoisotopic (exact) mass is 323 g/mol. The van der Waals surface area contributed by atoms with Crippen LogP contribution in [0.2, 0.25) is 0 Å². The van der Waals surface area contributed by atoms with Crippen molar-refractivity contribution in [2.75, 3.05) is 0 Å². The Bertz CT molecular complexity index is 853. The third-order valence-electron chi connectivity index (χ3n) is 3.67. The number of aromatic nitrogens is 2. The van der Waals surface area contributed by atoms with Gasteiger partial charge in [-0.2, -0.15) is 0 Å². The first-order chi connectivity index (χ1) is 11.2. The predicted octanol–water partition coefficient (Wildman–Crippen LogP) is 4.03. The second-order valence-corrected chi connectivity index (χ2v) is 5.64. The molecule has 0 aliphatic heterocycles. The lowest BCUT2D eigenvalue weighted by atomic mass is 10.1. The summed E-state index contributed by atoms with van der Waals surface area (Å²) >= 11 is 5.31. The zero-order valence-corrected chi connectivity index (χ0v) is 13.5. The fourth-order valence-corrected chi connectivity index (χ4v) is 2.73. The van der Waals surface area contributed by atoms with Crippen LogP contribution >= 0.6 is 12.2 Å². The van der Waals surface area contributed by atoms with Crippen LogP contribution in [0.15, 0.2) is 66.9 Å². The highest BCUT2D eigenvalue weighted by atomic mass is 32.1. The number of amides is 1. The van der Waals surface area contributed by atoms with Crippen molar-refractivity contribution >= 4 is 18.1 Å². The minimum atomic E-state index is -0.169. The van der Waals surface area contributed by atoms with Gasteiger partial charge in [0.15, 0.2) is 4.77 Å². The molecule has 0 bridgehead atoms. The number of hydrogen-bond donors (Lipinski definition) is 2. The number of nitrogens with zero attached hydrogens (tertiary/aromatic N) is 1. The Balaban J connectivity index is 1.88. The molecule has 0 saturated carbocycles. The molecule has 116 valence electrons. The van der Waals surface area contributed by atoms with Crippen molar-refractivity contribution in [2.24, 2.45) is 0 Å². The molecule has 4 nitrogen and oxygen atoms in total. The van der Waals surface area contributed by atoms with Crippen LogP contribution in [0.4, 0.5) is 0 Å². The molecule has 1 unspecified atom stereocenters. The molecule has 0 fully saturated rings. The molecular formula is C18H17N3OS. The average Bonchev–Trinajstić information content (AvgIpc) is 2.98. The van der Waals surface area contributed by atoms with Gasteiger partial charge in [-0.1, -0.05) is 48.5 Å². The molecule has 2 aromatic carbocycles. The van der Waals surface area contributed by atoms with Gasteiger partial charge in [0.2, 0.25) is 0 Å². The SMILES string of the molecule is CC(NC(=O)c1c[nH]c(=S)n1-c1ccccc1)c1ccccc1. The van der Waals surface area contributed by atoms with Crippen LogP contribution < -0.4 is 5.32 Å².